The molecule has 0 saturated heterocycles. The molecule has 0 radical (unpaired) electrons. The van der Waals surface area contributed by atoms with Crippen LogP contribution in [0.2, 0.25) is 0 Å². The highest BCUT2D eigenvalue weighted by atomic mass is 16.5. The molecule has 17 heavy (non-hydrogen) atoms. The Hall–Kier alpha value is -1.30. The molecular formula is C16H22O. The highest BCUT2D eigenvalue weighted by Gasteiger charge is 2.01. The molecule has 0 bridgehead atoms. The zero-order valence-electron chi connectivity index (χ0n) is 10.9. The lowest BCUT2D eigenvalue weighted by Crippen LogP contribution is -1.98. The third-order valence-electron chi connectivity index (χ3n) is 2.77. The molecule has 1 heteroatoms. The first-order chi connectivity index (χ1) is 8.24. The van der Waals surface area contributed by atoms with E-state index in [2.05, 4.69) is 38.3 Å². The predicted molar refractivity (Wildman–Crippen MR) is 72.8 cm³/mol. The molecular weight excluding hydrogens is 208 g/mol. The van der Waals surface area contributed by atoms with Gasteiger partial charge in [-0.05, 0) is 29.9 Å². The van der Waals surface area contributed by atoms with E-state index in [1.807, 2.05) is 18.2 Å². The van der Waals surface area contributed by atoms with Crippen molar-refractivity contribution in [3.05, 3.63) is 53.8 Å². The Morgan fingerprint density at radius 1 is 1.29 bits per heavy atom. The monoisotopic (exact) mass is 230 g/mol. The van der Waals surface area contributed by atoms with Gasteiger partial charge in [0, 0.05) is 6.61 Å². The minimum absolute atomic E-state index is 0.543. The van der Waals surface area contributed by atoms with Crippen molar-refractivity contribution < 1.29 is 4.74 Å². The Morgan fingerprint density at radius 2 is 2.00 bits per heavy atom. The summed E-state index contributed by atoms with van der Waals surface area (Å²) in [4.78, 5) is 0. The van der Waals surface area contributed by atoms with Gasteiger partial charge in [0.15, 0.2) is 0 Å². The number of hydrogen-bond acceptors (Lipinski definition) is 1. The van der Waals surface area contributed by atoms with Crippen LogP contribution in [0.3, 0.4) is 0 Å². The molecule has 0 spiro atoms. The van der Waals surface area contributed by atoms with Crippen LogP contribution in [0.5, 0.6) is 0 Å². The molecule has 0 aromatic heterocycles. The van der Waals surface area contributed by atoms with Gasteiger partial charge >= 0.3 is 0 Å². The van der Waals surface area contributed by atoms with Crippen molar-refractivity contribution in [3.63, 3.8) is 0 Å². The summed E-state index contributed by atoms with van der Waals surface area (Å²) in [6.45, 7) is 9.59. The molecule has 92 valence electrons. The van der Waals surface area contributed by atoms with E-state index in [1.54, 1.807) is 0 Å². The van der Waals surface area contributed by atoms with Crippen molar-refractivity contribution in [3.8, 4) is 0 Å². The van der Waals surface area contributed by atoms with Crippen LogP contribution in [0.4, 0.5) is 0 Å². The average molecular weight is 230 g/mol. The second kappa shape index (κ2) is 7.89. The van der Waals surface area contributed by atoms with Gasteiger partial charge in [0.25, 0.3) is 0 Å². The summed E-state index contributed by atoms with van der Waals surface area (Å²) in [6, 6.07) is 10.3. The number of ether oxygens (including phenoxy) is 1. The first kappa shape index (κ1) is 13.8. The van der Waals surface area contributed by atoms with Crippen LogP contribution >= 0.6 is 0 Å². The number of benzene rings is 1. The third-order valence-corrected chi connectivity index (χ3v) is 2.77. The normalized spacial score (nSPS) is 10.3. The molecule has 0 unspecified atom stereocenters. The molecule has 1 rings (SSSR count). The summed E-state index contributed by atoms with van der Waals surface area (Å²) < 4.78 is 5.63. The van der Waals surface area contributed by atoms with E-state index >= 15 is 0 Å². The fraction of sp³-hybridized carbons (Fsp3) is 0.438. The second-order valence-electron chi connectivity index (χ2n) is 4.50. The van der Waals surface area contributed by atoms with Gasteiger partial charge in [-0.2, -0.15) is 0 Å². The SMILES string of the molecule is C=C=C(CCCOCc1ccccc1)C(C)C. The standard InChI is InChI=1S/C16H22O/c1-4-16(14(2)3)11-8-12-17-13-15-9-6-5-7-10-15/h5-7,9-10,14H,1,8,11-13H2,2-3H3. The molecule has 0 aliphatic carbocycles. The molecule has 0 fully saturated rings. The zero-order chi connectivity index (χ0) is 12.5. The molecule has 0 heterocycles. The van der Waals surface area contributed by atoms with E-state index in [0.717, 1.165) is 19.4 Å². The molecule has 1 aromatic rings. The van der Waals surface area contributed by atoms with Gasteiger partial charge in [0.05, 0.1) is 6.61 Å². The maximum absolute atomic E-state index is 5.63. The van der Waals surface area contributed by atoms with Gasteiger partial charge in [0.1, 0.15) is 0 Å². The molecule has 0 aliphatic rings. The molecule has 0 N–H and O–H groups in total. The lowest BCUT2D eigenvalue weighted by molar-refractivity contribution is 0.118. The van der Waals surface area contributed by atoms with E-state index in [9.17, 15) is 0 Å². The average Bonchev–Trinajstić information content (AvgIpc) is 2.34. The van der Waals surface area contributed by atoms with Crippen LogP contribution in [0, 0.1) is 5.92 Å². The van der Waals surface area contributed by atoms with Crippen LogP contribution in [0.15, 0.2) is 48.2 Å². The summed E-state index contributed by atoms with van der Waals surface area (Å²) in [5.41, 5.74) is 5.55. The van der Waals surface area contributed by atoms with Crippen LogP contribution in [-0.2, 0) is 11.3 Å². The van der Waals surface area contributed by atoms with Crippen molar-refractivity contribution in [2.24, 2.45) is 5.92 Å². The Kier molecular flexibility index (Phi) is 6.39. The van der Waals surface area contributed by atoms with E-state index in [4.69, 9.17) is 4.74 Å². The molecule has 0 saturated carbocycles. The van der Waals surface area contributed by atoms with Crippen molar-refractivity contribution in [1.82, 2.24) is 0 Å². The van der Waals surface area contributed by atoms with Gasteiger partial charge in [-0.3, -0.25) is 0 Å². The molecule has 0 atom stereocenters. The minimum Gasteiger partial charge on any atom is -0.377 e. The minimum atomic E-state index is 0.543. The first-order valence-corrected chi connectivity index (χ1v) is 6.24. The number of allylic oxidation sites excluding steroid dienone is 1. The van der Waals surface area contributed by atoms with Crippen molar-refractivity contribution in [2.75, 3.05) is 6.61 Å². The third kappa shape index (κ3) is 5.53. The van der Waals surface area contributed by atoms with E-state index in [0.29, 0.717) is 12.5 Å². The highest BCUT2D eigenvalue weighted by Crippen LogP contribution is 2.14. The van der Waals surface area contributed by atoms with Gasteiger partial charge in [-0.15, -0.1) is 5.73 Å². The highest BCUT2D eigenvalue weighted by molar-refractivity contribution is 5.13. The van der Waals surface area contributed by atoms with Crippen LogP contribution in [0.25, 0.3) is 0 Å². The summed E-state index contributed by atoms with van der Waals surface area (Å²) in [7, 11) is 0. The largest absolute Gasteiger partial charge is 0.377 e. The van der Waals surface area contributed by atoms with Gasteiger partial charge in [0.2, 0.25) is 0 Å². The van der Waals surface area contributed by atoms with E-state index in [-0.39, 0.29) is 0 Å². The molecule has 0 aliphatic heterocycles. The second-order valence-corrected chi connectivity index (χ2v) is 4.50. The summed E-state index contributed by atoms with van der Waals surface area (Å²) >= 11 is 0. The Balaban J connectivity index is 2.15. The number of rotatable bonds is 7. The summed E-state index contributed by atoms with van der Waals surface area (Å²) in [5.74, 6) is 0.543. The molecule has 0 amide bonds. The van der Waals surface area contributed by atoms with Crippen LogP contribution in [0.1, 0.15) is 32.3 Å². The fourth-order valence-corrected chi connectivity index (χ4v) is 1.71. The maximum atomic E-state index is 5.63. The lowest BCUT2D eigenvalue weighted by Gasteiger charge is -2.09. The van der Waals surface area contributed by atoms with Gasteiger partial charge < -0.3 is 4.74 Å². The Labute approximate surface area is 105 Å². The van der Waals surface area contributed by atoms with Crippen molar-refractivity contribution in [2.45, 2.75) is 33.3 Å². The topological polar surface area (TPSA) is 9.23 Å². The quantitative estimate of drug-likeness (QED) is 0.500. The van der Waals surface area contributed by atoms with E-state index in [1.165, 1.54) is 11.1 Å². The first-order valence-electron chi connectivity index (χ1n) is 6.24. The van der Waals surface area contributed by atoms with Gasteiger partial charge in [-0.1, -0.05) is 50.8 Å². The summed E-state index contributed by atoms with van der Waals surface area (Å²) in [6.07, 6.45) is 2.08. The van der Waals surface area contributed by atoms with Crippen LogP contribution in [-0.4, -0.2) is 6.61 Å². The zero-order valence-corrected chi connectivity index (χ0v) is 10.9. The van der Waals surface area contributed by atoms with Crippen molar-refractivity contribution in [1.29, 1.82) is 0 Å². The Bertz CT molecular complexity index is 358. The molecule has 1 nitrogen and oxygen atoms in total. The fourth-order valence-electron chi connectivity index (χ4n) is 1.71. The number of hydrogen-bond donors (Lipinski definition) is 0. The van der Waals surface area contributed by atoms with Crippen LogP contribution < -0.4 is 0 Å². The van der Waals surface area contributed by atoms with Crippen molar-refractivity contribution >= 4 is 0 Å². The van der Waals surface area contributed by atoms with Gasteiger partial charge in [-0.25, -0.2) is 0 Å². The maximum Gasteiger partial charge on any atom is 0.0716 e. The summed E-state index contributed by atoms with van der Waals surface area (Å²) in [5, 5.41) is 0. The lowest BCUT2D eigenvalue weighted by atomic mass is 10.00. The smallest absolute Gasteiger partial charge is 0.0716 e. The predicted octanol–water partition coefficient (Wildman–Crippen LogP) is 4.35. The Morgan fingerprint density at radius 3 is 2.59 bits per heavy atom. The van der Waals surface area contributed by atoms with E-state index < -0.39 is 0 Å². The molecule has 1 aromatic carbocycles.